The minimum atomic E-state index is 0.0524. The Labute approximate surface area is 160 Å². The van der Waals surface area contributed by atoms with E-state index in [1.54, 1.807) is 4.68 Å². The first-order valence-corrected chi connectivity index (χ1v) is 10.1. The van der Waals surface area contributed by atoms with E-state index in [9.17, 15) is 4.79 Å². The number of rotatable bonds is 6. The van der Waals surface area contributed by atoms with E-state index in [1.165, 1.54) is 12.8 Å². The van der Waals surface area contributed by atoms with Crippen LogP contribution in [0.15, 0.2) is 21.5 Å². The molecule has 0 radical (unpaired) electrons. The molecule has 0 amide bonds. The molecular weight excluding hydrogens is 342 g/mol. The largest absolute Gasteiger partial charge is 0.446 e. The summed E-state index contributed by atoms with van der Waals surface area (Å²) in [6, 6.07) is 1.81. The molecule has 0 N–H and O–H groups in total. The summed E-state index contributed by atoms with van der Waals surface area (Å²) in [7, 11) is 0. The lowest BCUT2D eigenvalue weighted by Gasteiger charge is -2.34. The molecule has 0 atom stereocenters. The average molecular weight is 371 g/mol. The lowest BCUT2D eigenvalue weighted by Crippen LogP contribution is -2.48. The highest BCUT2D eigenvalue weighted by Gasteiger charge is 2.18. The minimum absolute atomic E-state index is 0.0524. The predicted molar refractivity (Wildman–Crippen MR) is 103 cm³/mol. The first-order valence-electron chi connectivity index (χ1n) is 10.1. The number of oxazole rings is 1. The molecule has 0 spiro atoms. The zero-order valence-electron chi connectivity index (χ0n) is 16.2. The van der Waals surface area contributed by atoms with Crippen LogP contribution in [0.25, 0.3) is 0 Å². The molecule has 0 aromatic carbocycles. The van der Waals surface area contributed by atoms with E-state index in [0.717, 1.165) is 81.4 Å². The molecule has 3 heterocycles. The summed E-state index contributed by atoms with van der Waals surface area (Å²) in [6.07, 6.45) is 7.13. The molecule has 0 unspecified atom stereocenters. The van der Waals surface area contributed by atoms with Crippen molar-refractivity contribution in [3.63, 3.8) is 0 Å². The summed E-state index contributed by atoms with van der Waals surface area (Å²) in [5.41, 5.74) is 2.35. The van der Waals surface area contributed by atoms with Crippen LogP contribution in [0.1, 0.15) is 35.7 Å². The fourth-order valence-electron chi connectivity index (χ4n) is 4.02. The monoisotopic (exact) mass is 371 g/mol. The van der Waals surface area contributed by atoms with Gasteiger partial charge in [0.2, 0.25) is 0 Å². The van der Waals surface area contributed by atoms with E-state index >= 15 is 0 Å². The molecule has 1 aliphatic heterocycles. The summed E-state index contributed by atoms with van der Waals surface area (Å²) >= 11 is 0. The van der Waals surface area contributed by atoms with E-state index in [4.69, 9.17) is 4.42 Å². The summed E-state index contributed by atoms with van der Waals surface area (Å²) in [6.45, 7) is 8.65. The molecule has 146 valence electrons. The van der Waals surface area contributed by atoms with Crippen molar-refractivity contribution >= 4 is 0 Å². The summed E-state index contributed by atoms with van der Waals surface area (Å²) in [5.74, 6) is 1.70. The highest BCUT2D eigenvalue weighted by atomic mass is 16.4. The lowest BCUT2D eigenvalue weighted by molar-refractivity contribution is 0.127. The highest BCUT2D eigenvalue weighted by molar-refractivity contribution is 5.20. The lowest BCUT2D eigenvalue weighted by atomic mass is 9.97. The molecule has 0 saturated carbocycles. The van der Waals surface area contributed by atoms with Crippen LogP contribution in [0.4, 0.5) is 0 Å². The molecule has 1 saturated heterocycles. The van der Waals surface area contributed by atoms with Crippen molar-refractivity contribution in [1.29, 1.82) is 0 Å². The van der Waals surface area contributed by atoms with Crippen LogP contribution in [0.5, 0.6) is 0 Å². The average Bonchev–Trinajstić information content (AvgIpc) is 3.11. The smallest absolute Gasteiger partial charge is 0.267 e. The van der Waals surface area contributed by atoms with Gasteiger partial charge in [-0.1, -0.05) is 0 Å². The van der Waals surface area contributed by atoms with Gasteiger partial charge in [0.25, 0.3) is 5.56 Å². The molecule has 0 bridgehead atoms. The molecule has 2 aromatic heterocycles. The van der Waals surface area contributed by atoms with Crippen LogP contribution >= 0.6 is 0 Å². The van der Waals surface area contributed by atoms with Gasteiger partial charge < -0.3 is 9.32 Å². The van der Waals surface area contributed by atoms with E-state index in [2.05, 4.69) is 19.9 Å². The number of piperazine rings is 1. The minimum Gasteiger partial charge on any atom is -0.446 e. The van der Waals surface area contributed by atoms with Gasteiger partial charge in [0.1, 0.15) is 5.76 Å². The van der Waals surface area contributed by atoms with Crippen molar-refractivity contribution in [2.75, 3.05) is 39.3 Å². The van der Waals surface area contributed by atoms with Gasteiger partial charge in [0, 0.05) is 58.7 Å². The molecule has 1 fully saturated rings. The van der Waals surface area contributed by atoms with Gasteiger partial charge in [0.15, 0.2) is 5.89 Å². The Kier molecular flexibility index (Phi) is 5.69. The van der Waals surface area contributed by atoms with Crippen LogP contribution in [0, 0.1) is 6.92 Å². The Morgan fingerprint density at radius 2 is 1.78 bits per heavy atom. The van der Waals surface area contributed by atoms with Gasteiger partial charge in [-0.15, -0.1) is 0 Å². The Hall–Kier alpha value is -1.99. The van der Waals surface area contributed by atoms with Crippen LogP contribution in [0.2, 0.25) is 0 Å². The Morgan fingerprint density at radius 1 is 1.04 bits per heavy atom. The second-order valence-corrected chi connectivity index (χ2v) is 7.66. The predicted octanol–water partition coefficient (Wildman–Crippen LogP) is 1.28. The first kappa shape index (κ1) is 18.4. The maximum Gasteiger partial charge on any atom is 0.267 e. The van der Waals surface area contributed by atoms with Gasteiger partial charge in [0.05, 0.1) is 18.4 Å². The SMILES string of the molecule is Cc1ncc(CCN2CCN(CCn3nc4c(cc3=O)CCCC4)CC2)o1. The van der Waals surface area contributed by atoms with Crippen molar-refractivity contribution in [3.05, 3.63) is 45.5 Å². The second-order valence-electron chi connectivity index (χ2n) is 7.66. The normalized spacial score (nSPS) is 18.6. The van der Waals surface area contributed by atoms with Crippen LogP contribution in [-0.4, -0.2) is 63.8 Å². The van der Waals surface area contributed by atoms with Gasteiger partial charge in [-0.2, -0.15) is 5.10 Å². The van der Waals surface area contributed by atoms with Gasteiger partial charge >= 0.3 is 0 Å². The van der Waals surface area contributed by atoms with Crippen molar-refractivity contribution in [1.82, 2.24) is 24.6 Å². The van der Waals surface area contributed by atoms with Crippen molar-refractivity contribution in [3.8, 4) is 0 Å². The number of fused-ring (bicyclic) bond motifs is 1. The zero-order chi connectivity index (χ0) is 18.6. The maximum absolute atomic E-state index is 12.3. The van der Waals surface area contributed by atoms with E-state index in [0.29, 0.717) is 6.54 Å². The fourth-order valence-corrected chi connectivity index (χ4v) is 4.02. The summed E-state index contributed by atoms with van der Waals surface area (Å²) < 4.78 is 7.22. The van der Waals surface area contributed by atoms with Crippen molar-refractivity contribution in [2.45, 2.75) is 45.6 Å². The molecule has 2 aromatic rings. The van der Waals surface area contributed by atoms with Crippen LogP contribution in [-0.2, 0) is 25.8 Å². The number of hydrogen-bond acceptors (Lipinski definition) is 6. The fraction of sp³-hybridized carbons (Fsp3) is 0.650. The number of hydrogen-bond donors (Lipinski definition) is 0. The molecule has 4 rings (SSSR count). The molecule has 2 aliphatic rings. The van der Waals surface area contributed by atoms with E-state index < -0.39 is 0 Å². The van der Waals surface area contributed by atoms with Crippen molar-refractivity contribution < 1.29 is 4.42 Å². The molecule has 7 nitrogen and oxygen atoms in total. The van der Waals surface area contributed by atoms with E-state index in [-0.39, 0.29) is 5.56 Å². The Balaban J connectivity index is 1.23. The van der Waals surface area contributed by atoms with E-state index in [1.807, 2.05) is 19.2 Å². The Morgan fingerprint density at radius 3 is 2.52 bits per heavy atom. The number of nitrogens with zero attached hydrogens (tertiary/aromatic N) is 5. The van der Waals surface area contributed by atoms with Crippen LogP contribution in [0.3, 0.4) is 0 Å². The third-order valence-corrected chi connectivity index (χ3v) is 5.71. The second kappa shape index (κ2) is 8.35. The standard InChI is InChI=1S/C20H29N5O2/c1-16-21-15-18(27-16)6-7-23-8-10-24(11-9-23)12-13-25-20(26)14-17-4-2-3-5-19(17)22-25/h14-15H,2-13H2,1H3. The summed E-state index contributed by atoms with van der Waals surface area (Å²) in [5, 5.41) is 4.63. The molecule has 1 aliphatic carbocycles. The van der Waals surface area contributed by atoms with Crippen LogP contribution < -0.4 is 5.56 Å². The topological polar surface area (TPSA) is 67.4 Å². The molecule has 27 heavy (non-hydrogen) atoms. The third-order valence-electron chi connectivity index (χ3n) is 5.71. The number of aromatic nitrogens is 3. The third kappa shape index (κ3) is 4.65. The van der Waals surface area contributed by atoms with Gasteiger partial charge in [-0.25, -0.2) is 9.67 Å². The number of aryl methyl sites for hydroxylation is 3. The molecule has 7 heteroatoms. The zero-order valence-corrected chi connectivity index (χ0v) is 16.2. The highest BCUT2D eigenvalue weighted by Crippen LogP contribution is 2.16. The first-order chi connectivity index (χ1) is 13.2. The molecular formula is C20H29N5O2. The maximum atomic E-state index is 12.3. The van der Waals surface area contributed by atoms with Crippen molar-refractivity contribution in [2.24, 2.45) is 0 Å². The summed E-state index contributed by atoms with van der Waals surface area (Å²) in [4.78, 5) is 21.4. The Bertz CT molecular complexity index is 820. The van der Waals surface area contributed by atoms with Gasteiger partial charge in [-0.05, 0) is 31.2 Å². The van der Waals surface area contributed by atoms with Gasteiger partial charge in [-0.3, -0.25) is 9.69 Å². The quantitative estimate of drug-likeness (QED) is 0.762.